The maximum Gasteiger partial charge on any atom is 0.293 e. The molecule has 4 rings (SSSR count). The summed E-state index contributed by atoms with van der Waals surface area (Å²) in [5.41, 5.74) is 2.62. The highest BCUT2D eigenvalue weighted by Gasteiger charge is 2.20. The lowest BCUT2D eigenvalue weighted by Crippen LogP contribution is -2.31. The number of ether oxygens (including phenoxy) is 2. The molecule has 0 bridgehead atoms. The second-order valence-corrected chi connectivity index (χ2v) is 8.36. The van der Waals surface area contributed by atoms with Crippen LogP contribution >= 0.6 is 0 Å². The Morgan fingerprint density at radius 2 is 2.03 bits per heavy atom. The molecule has 3 aromatic heterocycles. The van der Waals surface area contributed by atoms with Gasteiger partial charge in [-0.3, -0.25) is 14.3 Å². The van der Waals surface area contributed by atoms with Crippen LogP contribution in [0.25, 0.3) is 22.3 Å². The number of nitrogens with zero attached hydrogens (tertiary/aromatic N) is 5. The Morgan fingerprint density at radius 1 is 1.18 bits per heavy atom. The van der Waals surface area contributed by atoms with Crippen molar-refractivity contribution in [3.63, 3.8) is 0 Å². The number of aromatic nitrogens is 4. The third-order valence-corrected chi connectivity index (χ3v) is 5.86. The summed E-state index contributed by atoms with van der Waals surface area (Å²) in [6, 6.07) is 5.60. The van der Waals surface area contributed by atoms with E-state index in [0.717, 1.165) is 37.1 Å². The van der Waals surface area contributed by atoms with Crippen molar-refractivity contribution >= 4 is 17.0 Å². The van der Waals surface area contributed by atoms with E-state index in [4.69, 9.17) is 9.47 Å². The first-order valence-corrected chi connectivity index (χ1v) is 11.7. The monoisotopic (exact) mass is 468 g/mol. The minimum atomic E-state index is -0.265. The highest BCUT2D eigenvalue weighted by Crippen LogP contribution is 2.23. The standard InChI is InChI=1S/C24H32N6O4/c1-3-11-34-12-10-30-20-13-18(17-4-5-21(33-2)26-14-17)15-27-22(20)28-23(24(30)32)25-7-9-29-8-6-19(31)16-29/h4-5,13-15,19,31H,3,6-12,16H2,1-2H3,(H,25,27,28)/t19-/m1/s1. The number of hydrogen-bond acceptors (Lipinski definition) is 9. The molecular formula is C24H32N6O4. The summed E-state index contributed by atoms with van der Waals surface area (Å²) >= 11 is 0. The van der Waals surface area contributed by atoms with Gasteiger partial charge in [0.2, 0.25) is 5.88 Å². The van der Waals surface area contributed by atoms with Gasteiger partial charge in [0.15, 0.2) is 11.5 Å². The molecule has 0 unspecified atom stereocenters. The topological polar surface area (TPSA) is 115 Å². The van der Waals surface area contributed by atoms with Crippen molar-refractivity contribution in [3.8, 4) is 17.0 Å². The molecule has 1 atom stereocenters. The lowest BCUT2D eigenvalue weighted by Gasteiger charge is -2.17. The molecule has 0 aromatic carbocycles. The number of fused-ring (bicyclic) bond motifs is 1. The zero-order valence-electron chi connectivity index (χ0n) is 19.7. The summed E-state index contributed by atoms with van der Waals surface area (Å²) in [7, 11) is 1.57. The molecular weight excluding hydrogens is 436 g/mol. The molecule has 0 aliphatic carbocycles. The number of aliphatic hydroxyl groups excluding tert-OH is 1. The highest BCUT2D eigenvalue weighted by molar-refractivity contribution is 5.78. The van der Waals surface area contributed by atoms with Crippen LogP contribution in [0.5, 0.6) is 5.88 Å². The quantitative estimate of drug-likeness (QED) is 0.406. The number of β-amino-alcohol motifs (C(OH)–C–C–N with tert-alkyl or cyclic N) is 1. The summed E-state index contributed by atoms with van der Waals surface area (Å²) < 4.78 is 12.5. The summed E-state index contributed by atoms with van der Waals surface area (Å²) in [6.07, 6.45) is 4.89. The molecule has 2 N–H and O–H groups in total. The van der Waals surface area contributed by atoms with E-state index >= 15 is 0 Å². The second kappa shape index (κ2) is 11.4. The molecule has 3 aromatic rings. The van der Waals surface area contributed by atoms with E-state index < -0.39 is 0 Å². The second-order valence-electron chi connectivity index (χ2n) is 8.36. The predicted molar refractivity (Wildman–Crippen MR) is 130 cm³/mol. The van der Waals surface area contributed by atoms with Gasteiger partial charge in [-0.2, -0.15) is 0 Å². The molecule has 182 valence electrons. The molecule has 34 heavy (non-hydrogen) atoms. The number of aliphatic hydroxyl groups is 1. The minimum absolute atomic E-state index is 0.208. The number of pyridine rings is 2. The van der Waals surface area contributed by atoms with Crippen LogP contribution < -0.4 is 15.6 Å². The Labute approximate surface area is 198 Å². The summed E-state index contributed by atoms with van der Waals surface area (Å²) in [5, 5.41) is 12.9. The van der Waals surface area contributed by atoms with Gasteiger partial charge in [0.1, 0.15) is 0 Å². The van der Waals surface area contributed by atoms with E-state index in [2.05, 4.69) is 32.1 Å². The van der Waals surface area contributed by atoms with Crippen molar-refractivity contribution in [2.75, 3.05) is 51.8 Å². The number of hydrogen-bond donors (Lipinski definition) is 2. The molecule has 10 heteroatoms. The Bertz CT molecular complexity index is 1150. The van der Waals surface area contributed by atoms with Crippen molar-refractivity contribution in [2.24, 2.45) is 0 Å². The van der Waals surface area contributed by atoms with E-state index in [9.17, 15) is 9.90 Å². The van der Waals surface area contributed by atoms with E-state index in [1.807, 2.05) is 12.1 Å². The number of anilines is 1. The van der Waals surface area contributed by atoms with Gasteiger partial charge >= 0.3 is 0 Å². The summed E-state index contributed by atoms with van der Waals surface area (Å²) in [4.78, 5) is 28.8. The molecule has 0 radical (unpaired) electrons. The van der Waals surface area contributed by atoms with Crippen molar-refractivity contribution < 1.29 is 14.6 Å². The minimum Gasteiger partial charge on any atom is -0.481 e. The van der Waals surface area contributed by atoms with Gasteiger partial charge in [-0.05, 0) is 25.0 Å². The van der Waals surface area contributed by atoms with Gasteiger partial charge in [-0.25, -0.2) is 15.0 Å². The molecule has 1 saturated heterocycles. The highest BCUT2D eigenvalue weighted by atomic mass is 16.5. The van der Waals surface area contributed by atoms with Gasteiger partial charge in [0.25, 0.3) is 5.56 Å². The maximum absolute atomic E-state index is 13.3. The number of rotatable bonds is 11. The van der Waals surface area contributed by atoms with Crippen LogP contribution in [0.1, 0.15) is 19.8 Å². The van der Waals surface area contributed by atoms with Crippen molar-refractivity contribution in [1.82, 2.24) is 24.4 Å². The molecule has 1 fully saturated rings. The smallest absolute Gasteiger partial charge is 0.293 e. The largest absolute Gasteiger partial charge is 0.481 e. The van der Waals surface area contributed by atoms with Crippen LogP contribution in [-0.2, 0) is 11.3 Å². The molecule has 1 aliphatic rings. The van der Waals surface area contributed by atoms with Crippen LogP contribution in [0.2, 0.25) is 0 Å². The maximum atomic E-state index is 13.3. The summed E-state index contributed by atoms with van der Waals surface area (Å²) in [5.74, 6) is 0.803. The first kappa shape index (κ1) is 24.1. The zero-order chi connectivity index (χ0) is 23.9. The van der Waals surface area contributed by atoms with Gasteiger partial charge in [-0.15, -0.1) is 0 Å². The fourth-order valence-corrected chi connectivity index (χ4v) is 4.04. The predicted octanol–water partition coefficient (Wildman–Crippen LogP) is 1.77. The third kappa shape index (κ3) is 5.69. The first-order chi connectivity index (χ1) is 16.6. The zero-order valence-corrected chi connectivity index (χ0v) is 19.7. The molecule has 0 amide bonds. The van der Waals surface area contributed by atoms with Crippen molar-refractivity contribution in [3.05, 3.63) is 40.9 Å². The molecule has 10 nitrogen and oxygen atoms in total. The fourth-order valence-electron chi connectivity index (χ4n) is 4.04. The van der Waals surface area contributed by atoms with E-state index in [1.165, 1.54) is 0 Å². The summed E-state index contributed by atoms with van der Waals surface area (Å²) in [6.45, 7) is 6.33. The average Bonchev–Trinajstić information content (AvgIpc) is 3.28. The molecule has 4 heterocycles. The van der Waals surface area contributed by atoms with Gasteiger partial charge in [-0.1, -0.05) is 6.92 Å². The van der Waals surface area contributed by atoms with Crippen molar-refractivity contribution in [2.45, 2.75) is 32.4 Å². The van der Waals surface area contributed by atoms with Crippen LogP contribution in [0.15, 0.2) is 35.4 Å². The van der Waals surface area contributed by atoms with Crippen LogP contribution in [0.3, 0.4) is 0 Å². The first-order valence-electron chi connectivity index (χ1n) is 11.7. The number of methoxy groups -OCH3 is 1. The Kier molecular flexibility index (Phi) is 8.04. The fraction of sp³-hybridized carbons (Fsp3) is 0.500. The lowest BCUT2D eigenvalue weighted by atomic mass is 10.1. The normalized spacial score (nSPS) is 16.3. The average molecular weight is 469 g/mol. The van der Waals surface area contributed by atoms with Gasteiger partial charge < -0.3 is 19.9 Å². The Balaban J connectivity index is 1.61. The van der Waals surface area contributed by atoms with E-state index in [0.29, 0.717) is 49.9 Å². The van der Waals surface area contributed by atoms with Crippen LogP contribution in [0, 0.1) is 0 Å². The van der Waals surface area contributed by atoms with E-state index in [-0.39, 0.29) is 17.5 Å². The van der Waals surface area contributed by atoms with Crippen LogP contribution in [0.4, 0.5) is 5.82 Å². The molecule has 0 saturated carbocycles. The Morgan fingerprint density at radius 3 is 2.74 bits per heavy atom. The van der Waals surface area contributed by atoms with E-state index in [1.54, 1.807) is 30.1 Å². The van der Waals surface area contributed by atoms with Crippen molar-refractivity contribution in [1.29, 1.82) is 0 Å². The molecule has 1 aliphatic heterocycles. The third-order valence-electron chi connectivity index (χ3n) is 5.86. The molecule has 0 spiro atoms. The van der Waals surface area contributed by atoms with Gasteiger partial charge in [0, 0.05) is 68.9 Å². The number of likely N-dealkylation sites (tertiary alicyclic amines) is 1. The lowest BCUT2D eigenvalue weighted by molar-refractivity contribution is 0.127. The SMILES string of the molecule is CCCOCCn1c(=O)c(NCCN2CC[C@@H](O)C2)nc2ncc(-c3ccc(OC)nc3)cc21. The Hall–Kier alpha value is -3.08. The van der Waals surface area contributed by atoms with Crippen LogP contribution in [-0.4, -0.2) is 82.1 Å². The van der Waals surface area contributed by atoms with Gasteiger partial charge in [0.05, 0.1) is 25.3 Å². The number of nitrogens with one attached hydrogen (secondary N) is 1.